The van der Waals surface area contributed by atoms with Crippen LogP contribution in [0.4, 0.5) is 0 Å². The summed E-state index contributed by atoms with van der Waals surface area (Å²) in [7, 11) is -3.64. The van der Waals surface area contributed by atoms with Crippen molar-refractivity contribution in [3.63, 3.8) is 0 Å². The Labute approximate surface area is 108 Å². The van der Waals surface area contributed by atoms with Gasteiger partial charge in [-0.1, -0.05) is 19.1 Å². The Hall–Kier alpha value is -1.40. The van der Waals surface area contributed by atoms with Crippen LogP contribution < -0.4 is 10.5 Å². The Kier molecular flexibility index (Phi) is 4.48. The lowest BCUT2D eigenvalue weighted by atomic mass is 10.2. The molecule has 0 saturated carbocycles. The van der Waals surface area contributed by atoms with Gasteiger partial charge in [0.1, 0.15) is 5.84 Å². The van der Waals surface area contributed by atoms with E-state index in [9.17, 15) is 8.42 Å². The molecule has 5 nitrogen and oxygen atoms in total. The lowest BCUT2D eigenvalue weighted by Gasteiger charge is -2.16. The standard InChI is InChI=1S/C12H19N3O2S/c1-4-10(12(13)14)15-18(16,17)11-7-8(2)5-6-9(11)3/h5-7,10,15H,4H2,1-3H3,(H3,13,14). The van der Waals surface area contributed by atoms with E-state index in [1.54, 1.807) is 26.0 Å². The van der Waals surface area contributed by atoms with Crippen molar-refractivity contribution in [1.29, 1.82) is 5.41 Å². The highest BCUT2D eigenvalue weighted by Gasteiger charge is 2.22. The van der Waals surface area contributed by atoms with Crippen LogP contribution in [0.2, 0.25) is 0 Å². The van der Waals surface area contributed by atoms with Gasteiger partial charge in [0.25, 0.3) is 0 Å². The lowest BCUT2D eigenvalue weighted by Crippen LogP contribution is -2.43. The van der Waals surface area contributed by atoms with Gasteiger partial charge in [0, 0.05) is 0 Å². The highest BCUT2D eigenvalue weighted by molar-refractivity contribution is 7.89. The van der Waals surface area contributed by atoms with E-state index in [1.807, 2.05) is 13.0 Å². The van der Waals surface area contributed by atoms with Gasteiger partial charge in [-0.3, -0.25) is 5.41 Å². The van der Waals surface area contributed by atoms with Crippen molar-refractivity contribution in [1.82, 2.24) is 4.72 Å². The molecule has 0 aromatic heterocycles. The van der Waals surface area contributed by atoms with Gasteiger partial charge >= 0.3 is 0 Å². The van der Waals surface area contributed by atoms with Crippen LogP contribution in [0.25, 0.3) is 0 Å². The van der Waals surface area contributed by atoms with E-state index >= 15 is 0 Å². The van der Waals surface area contributed by atoms with Crippen LogP contribution in [0.3, 0.4) is 0 Å². The second-order valence-corrected chi connectivity index (χ2v) is 5.99. The molecule has 0 saturated heterocycles. The first-order valence-electron chi connectivity index (χ1n) is 5.71. The lowest BCUT2D eigenvalue weighted by molar-refractivity contribution is 0.570. The molecule has 1 aromatic rings. The second-order valence-electron chi connectivity index (χ2n) is 4.31. The van der Waals surface area contributed by atoms with Gasteiger partial charge in [0.05, 0.1) is 10.9 Å². The number of aryl methyl sites for hydroxylation is 2. The number of hydrogen-bond donors (Lipinski definition) is 3. The maximum Gasteiger partial charge on any atom is 0.241 e. The molecule has 0 fully saturated rings. The molecular weight excluding hydrogens is 250 g/mol. The quantitative estimate of drug-likeness (QED) is 0.555. The number of hydrogen-bond acceptors (Lipinski definition) is 3. The Bertz CT molecular complexity index is 552. The topological polar surface area (TPSA) is 96.0 Å². The van der Waals surface area contributed by atoms with Gasteiger partial charge in [-0.05, 0) is 37.5 Å². The SMILES string of the molecule is CCC(NS(=O)(=O)c1cc(C)ccc1C)C(=N)N. The summed E-state index contributed by atoms with van der Waals surface area (Å²) in [5, 5.41) is 7.34. The van der Waals surface area contributed by atoms with Crippen LogP contribution in [-0.2, 0) is 10.0 Å². The van der Waals surface area contributed by atoms with E-state index < -0.39 is 16.1 Å². The largest absolute Gasteiger partial charge is 0.386 e. The van der Waals surface area contributed by atoms with E-state index in [1.165, 1.54) is 0 Å². The summed E-state index contributed by atoms with van der Waals surface area (Å²) in [5.41, 5.74) is 6.90. The predicted octanol–water partition coefficient (Wildman–Crippen LogP) is 1.30. The highest BCUT2D eigenvalue weighted by atomic mass is 32.2. The summed E-state index contributed by atoms with van der Waals surface area (Å²) < 4.78 is 26.9. The van der Waals surface area contributed by atoms with Crippen molar-refractivity contribution >= 4 is 15.9 Å². The van der Waals surface area contributed by atoms with Gasteiger partial charge in [-0.15, -0.1) is 0 Å². The Balaban J connectivity index is 3.14. The van der Waals surface area contributed by atoms with Crippen molar-refractivity contribution in [3.05, 3.63) is 29.3 Å². The van der Waals surface area contributed by atoms with Gasteiger partial charge in [0.15, 0.2) is 0 Å². The molecule has 4 N–H and O–H groups in total. The van der Waals surface area contributed by atoms with Gasteiger partial charge in [-0.2, -0.15) is 0 Å². The molecule has 0 aliphatic carbocycles. The van der Waals surface area contributed by atoms with Gasteiger partial charge < -0.3 is 5.73 Å². The van der Waals surface area contributed by atoms with Crippen molar-refractivity contribution in [2.24, 2.45) is 5.73 Å². The number of nitrogens with two attached hydrogens (primary N) is 1. The molecular formula is C12H19N3O2S. The summed E-state index contributed by atoms with van der Waals surface area (Å²) in [4.78, 5) is 0.238. The minimum absolute atomic E-state index is 0.175. The summed E-state index contributed by atoms with van der Waals surface area (Å²) in [6, 6.07) is 4.58. The average molecular weight is 269 g/mol. The third-order valence-electron chi connectivity index (χ3n) is 2.71. The van der Waals surface area contributed by atoms with E-state index in [2.05, 4.69) is 4.72 Å². The molecule has 18 heavy (non-hydrogen) atoms. The summed E-state index contributed by atoms with van der Waals surface area (Å²) in [5.74, 6) is -0.175. The third kappa shape index (κ3) is 3.30. The van der Waals surface area contributed by atoms with Crippen LogP contribution in [0, 0.1) is 19.3 Å². The van der Waals surface area contributed by atoms with E-state index in [4.69, 9.17) is 11.1 Å². The van der Waals surface area contributed by atoms with Crippen molar-refractivity contribution in [2.45, 2.75) is 38.1 Å². The predicted molar refractivity (Wildman–Crippen MR) is 72.2 cm³/mol. The van der Waals surface area contributed by atoms with Crippen LogP contribution in [0.15, 0.2) is 23.1 Å². The maximum absolute atomic E-state index is 12.2. The third-order valence-corrected chi connectivity index (χ3v) is 4.33. The molecule has 1 atom stereocenters. The Morgan fingerprint density at radius 3 is 2.56 bits per heavy atom. The Morgan fingerprint density at radius 1 is 1.44 bits per heavy atom. The van der Waals surface area contributed by atoms with E-state index in [-0.39, 0.29) is 10.7 Å². The second kappa shape index (κ2) is 5.49. The highest BCUT2D eigenvalue weighted by Crippen LogP contribution is 2.17. The number of nitrogens with one attached hydrogen (secondary N) is 2. The Morgan fingerprint density at radius 2 is 2.06 bits per heavy atom. The molecule has 0 heterocycles. The van der Waals surface area contributed by atoms with Crippen molar-refractivity contribution < 1.29 is 8.42 Å². The molecule has 0 spiro atoms. The fraction of sp³-hybridized carbons (Fsp3) is 0.417. The maximum atomic E-state index is 12.2. The minimum Gasteiger partial charge on any atom is -0.386 e. The summed E-state index contributed by atoms with van der Waals surface area (Å²) in [6.07, 6.45) is 0.444. The fourth-order valence-electron chi connectivity index (χ4n) is 1.61. The summed E-state index contributed by atoms with van der Waals surface area (Å²) in [6.45, 7) is 5.35. The summed E-state index contributed by atoms with van der Waals surface area (Å²) >= 11 is 0. The molecule has 0 amide bonds. The van der Waals surface area contributed by atoms with Crippen molar-refractivity contribution in [2.75, 3.05) is 0 Å². The fourth-order valence-corrected chi connectivity index (χ4v) is 3.24. The smallest absolute Gasteiger partial charge is 0.241 e. The molecule has 0 aliphatic rings. The number of benzene rings is 1. The normalized spacial score (nSPS) is 13.3. The first-order chi connectivity index (χ1) is 8.27. The first-order valence-corrected chi connectivity index (χ1v) is 7.19. The van der Waals surface area contributed by atoms with Crippen LogP contribution in [0.5, 0.6) is 0 Å². The van der Waals surface area contributed by atoms with Crippen LogP contribution >= 0.6 is 0 Å². The van der Waals surface area contributed by atoms with Gasteiger partial charge in [-0.25, -0.2) is 13.1 Å². The average Bonchev–Trinajstić information content (AvgIpc) is 2.28. The number of amidine groups is 1. The number of rotatable bonds is 5. The molecule has 6 heteroatoms. The molecule has 0 radical (unpaired) electrons. The molecule has 0 aliphatic heterocycles. The number of sulfonamides is 1. The van der Waals surface area contributed by atoms with E-state index in [0.29, 0.717) is 12.0 Å². The molecule has 1 rings (SSSR count). The monoisotopic (exact) mass is 269 g/mol. The molecule has 1 unspecified atom stereocenters. The van der Waals surface area contributed by atoms with Crippen LogP contribution in [0.1, 0.15) is 24.5 Å². The molecule has 0 bridgehead atoms. The van der Waals surface area contributed by atoms with E-state index in [0.717, 1.165) is 5.56 Å². The molecule has 1 aromatic carbocycles. The zero-order valence-electron chi connectivity index (χ0n) is 10.8. The minimum atomic E-state index is -3.64. The zero-order chi connectivity index (χ0) is 13.9. The first kappa shape index (κ1) is 14.7. The van der Waals surface area contributed by atoms with Crippen LogP contribution in [-0.4, -0.2) is 20.3 Å². The molecule has 100 valence electrons. The van der Waals surface area contributed by atoms with Crippen molar-refractivity contribution in [3.8, 4) is 0 Å². The zero-order valence-corrected chi connectivity index (χ0v) is 11.6. The van der Waals surface area contributed by atoms with Gasteiger partial charge in [0.2, 0.25) is 10.0 Å².